The molecule has 0 radical (unpaired) electrons. The molecule has 1 unspecified atom stereocenters. The molecule has 1 atom stereocenters. The van der Waals surface area contributed by atoms with Gasteiger partial charge in [-0.15, -0.1) is 9.19 Å². The number of fused-ring (bicyclic) bond motifs is 1. The Labute approximate surface area is 140 Å². The Hall–Kier alpha value is -2.22. The van der Waals surface area contributed by atoms with Gasteiger partial charge < -0.3 is 4.74 Å². The van der Waals surface area contributed by atoms with Gasteiger partial charge in [0.15, 0.2) is 0 Å². The fourth-order valence-corrected chi connectivity index (χ4v) is 4.13. The summed E-state index contributed by atoms with van der Waals surface area (Å²) in [5.41, 5.74) is 2.08. The largest absolute Gasteiger partial charge is 0.466 e. The van der Waals surface area contributed by atoms with Crippen LogP contribution in [0.3, 0.4) is 0 Å². The summed E-state index contributed by atoms with van der Waals surface area (Å²) in [7, 11) is -3.77. The van der Waals surface area contributed by atoms with Crippen LogP contribution in [0.15, 0.2) is 29.2 Å². The van der Waals surface area contributed by atoms with Crippen molar-refractivity contribution >= 4 is 16.0 Å². The standard InChI is InChI=1S/C16H19N3O4S/c1-3-23-16(20)12-6-9-15-14(10-12)17-18-19(15)24(21,22)13-7-4-11(2)5-8-13/h4-5,7-8,12H,3,6,9-10H2,1-2H3. The number of aryl methyl sites for hydroxylation is 1. The molecular weight excluding hydrogens is 330 g/mol. The zero-order valence-corrected chi connectivity index (χ0v) is 14.4. The molecule has 0 amide bonds. The van der Waals surface area contributed by atoms with Crippen molar-refractivity contribution in [3.05, 3.63) is 41.2 Å². The first-order valence-electron chi connectivity index (χ1n) is 7.85. The van der Waals surface area contributed by atoms with Gasteiger partial charge in [0.2, 0.25) is 0 Å². The van der Waals surface area contributed by atoms with Gasteiger partial charge in [-0.1, -0.05) is 22.9 Å². The summed E-state index contributed by atoms with van der Waals surface area (Å²) < 4.78 is 31.6. The summed E-state index contributed by atoms with van der Waals surface area (Å²) in [4.78, 5) is 12.0. The Morgan fingerprint density at radius 1 is 1.33 bits per heavy atom. The van der Waals surface area contributed by atoms with Crippen LogP contribution in [0.2, 0.25) is 0 Å². The van der Waals surface area contributed by atoms with Crippen molar-refractivity contribution < 1.29 is 17.9 Å². The van der Waals surface area contributed by atoms with E-state index in [0.29, 0.717) is 37.3 Å². The van der Waals surface area contributed by atoms with E-state index in [2.05, 4.69) is 10.3 Å². The molecular formula is C16H19N3O4S. The summed E-state index contributed by atoms with van der Waals surface area (Å²) in [6, 6.07) is 6.60. The predicted molar refractivity (Wildman–Crippen MR) is 85.9 cm³/mol. The zero-order valence-electron chi connectivity index (χ0n) is 13.6. The van der Waals surface area contributed by atoms with Crippen molar-refractivity contribution in [1.82, 2.24) is 14.4 Å². The maximum Gasteiger partial charge on any atom is 0.309 e. The molecule has 0 spiro atoms. The number of benzene rings is 1. The molecule has 1 aromatic carbocycles. The molecule has 1 aromatic heterocycles. The minimum absolute atomic E-state index is 0.174. The van der Waals surface area contributed by atoms with Crippen molar-refractivity contribution in [3.8, 4) is 0 Å². The van der Waals surface area contributed by atoms with Crippen LogP contribution in [-0.2, 0) is 32.4 Å². The van der Waals surface area contributed by atoms with E-state index < -0.39 is 10.0 Å². The van der Waals surface area contributed by atoms with Crippen LogP contribution < -0.4 is 0 Å². The maximum absolute atomic E-state index is 12.8. The SMILES string of the molecule is CCOC(=O)C1CCc2c(nnn2S(=O)(=O)c2ccc(C)cc2)C1. The lowest BCUT2D eigenvalue weighted by Gasteiger charge is -2.20. The molecule has 7 nitrogen and oxygen atoms in total. The monoisotopic (exact) mass is 349 g/mol. The van der Waals surface area contributed by atoms with Crippen LogP contribution >= 0.6 is 0 Å². The van der Waals surface area contributed by atoms with Crippen LogP contribution in [0.1, 0.15) is 30.3 Å². The maximum atomic E-state index is 12.8. The molecule has 0 N–H and O–H groups in total. The van der Waals surface area contributed by atoms with Crippen LogP contribution in [0.4, 0.5) is 0 Å². The summed E-state index contributed by atoms with van der Waals surface area (Å²) in [5, 5.41) is 7.82. The van der Waals surface area contributed by atoms with Gasteiger partial charge >= 0.3 is 5.97 Å². The first-order valence-corrected chi connectivity index (χ1v) is 9.29. The van der Waals surface area contributed by atoms with Gasteiger partial charge in [0.1, 0.15) is 0 Å². The van der Waals surface area contributed by atoms with Crippen molar-refractivity contribution in [2.24, 2.45) is 5.92 Å². The third kappa shape index (κ3) is 2.93. The Kier molecular flexibility index (Phi) is 4.40. The Bertz CT molecular complexity index is 856. The molecule has 8 heteroatoms. The van der Waals surface area contributed by atoms with E-state index in [9.17, 15) is 13.2 Å². The second-order valence-corrected chi connectivity index (χ2v) is 7.60. The van der Waals surface area contributed by atoms with Crippen molar-refractivity contribution in [2.45, 2.75) is 38.0 Å². The Morgan fingerprint density at radius 3 is 2.71 bits per heavy atom. The fraction of sp³-hybridized carbons (Fsp3) is 0.438. The number of hydrogen-bond donors (Lipinski definition) is 0. The minimum Gasteiger partial charge on any atom is -0.466 e. The van der Waals surface area contributed by atoms with E-state index in [1.54, 1.807) is 31.2 Å². The van der Waals surface area contributed by atoms with Crippen LogP contribution in [-0.4, -0.2) is 35.4 Å². The van der Waals surface area contributed by atoms with Gasteiger partial charge in [-0.3, -0.25) is 4.79 Å². The number of carbonyl (C=O) groups excluding carboxylic acids is 1. The zero-order chi connectivity index (χ0) is 17.3. The highest BCUT2D eigenvalue weighted by Gasteiger charge is 2.32. The van der Waals surface area contributed by atoms with Gasteiger partial charge in [-0.2, -0.15) is 8.42 Å². The summed E-state index contributed by atoms with van der Waals surface area (Å²) in [6.07, 6.45) is 1.32. The molecule has 1 aliphatic rings. The molecule has 2 aromatic rings. The van der Waals surface area contributed by atoms with E-state index >= 15 is 0 Å². The summed E-state index contributed by atoms with van der Waals surface area (Å²) in [6.45, 7) is 3.98. The molecule has 24 heavy (non-hydrogen) atoms. The second-order valence-electron chi connectivity index (χ2n) is 5.84. The smallest absolute Gasteiger partial charge is 0.309 e. The van der Waals surface area contributed by atoms with E-state index in [4.69, 9.17) is 4.74 Å². The van der Waals surface area contributed by atoms with Crippen LogP contribution in [0.25, 0.3) is 0 Å². The third-order valence-corrected chi connectivity index (χ3v) is 5.76. The lowest BCUT2D eigenvalue weighted by Crippen LogP contribution is -2.26. The van der Waals surface area contributed by atoms with Gasteiger partial charge in [-0.25, -0.2) is 0 Å². The number of ether oxygens (including phenoxy) is 1. The van der Waals surface area contributed by atoms with Crippen molar-refractivity contribution in [1.29, 1.82) is 0 Å². The fourth-order valence-electron chi connectivity index (χ4n) is 2.83. The van der Waals surface area contributed by atoms with E-state index in [-0.39, 0.29) is 16.8 Å². The molecule has 3 rings (SSSR count). The lowest BCUT2D eigenvalue weighted by molar-refractivity contribution is -0.148. The highest BCUT2D eigenvalue weighted by Crippen LogP contribution is 2.27. The number of hydrogen-bond acceptors (Lipinski definition) is 6. The van der Waals surface area contributed by atoms with Gasteiger partial charge in [0.25, 0.3) is 10.0 Å². The number of carbonyl (C=O) groups is 1. The molecule has 1 aliphatic carbocycles. The Balaban J connectivity index is 1.91. The average molecular weight is 349 g/mol. The van der Waals surface area contributed by atoms with E-state index in [1.165, 1.54) is 0 Å². The predicted octanol–water partition coefficient (Wildman–Crippen LogP) is 1.49. The van der Waals surface area contributed by atoms with E-state index in [1.807, 2.05) is 6.92 Å². The van der Waals surface area contributed by atoms with Crippen LogP contribution in [0.5, 0.6) is 0 Å². The molecule has 1 heterocycles. The molecule has 0 fully saturated rings. The van der Waals surface area contributed by atoms with Gasteiger partial charge in [0.05, 0.1) is 28.8 Å². The van der Waals surface area contributed by atoms with Crippen molar-refractivity contribution in [3.63, 3.8) is 0 Å². The quantitative estimate of drug-likeness (QED) is 0.777. The first-order chi connectivity index (χ1) is 11.4. The minimum atomic E-state index is -3.77. The molecule has 0 saturated heterocycles. The highest BCUT2D eigenvalue weighted by atomic mass is 32.2. The Morgan fingerprint density at radius 2 is 2.04 bits per heavy atom. The number of aromatic nitrogens is 3. The number of esters is 1. The van der Waals surface area contributed by atoms with Gasteiger partial charge in [0, 0.05) is 6.42 Å². The first kappa shape index (κ1) is 16.6. The third-order valence-electron chi connectivity index (χ3n) is 4.15. The topological polar surface area (TPSA) is 91.2 Å². The number of rotatable bonds is 4. The average Bonchev–Trinajstić information content (AvgIpc) is 2.99. The molecule has 0 aliphatic heterocycles. The van der Waals surface area contributed by atoms with Crippen LogP contribution in [0, 0.1) is 12.8 Å². The van der Waals surface area contributed by atoms with Gasteiger partial charge in [-0.05, 0) is 38.8 Å². The summed E-state index contributed by atoms with van der Waals surface area (Å²) >= 11 is 0. The molecule has 128 valence electrons. The van der Waals surface area contributed by atoms with Crippen molar-refractivity contribution in [2.75, 3.05) is 6.61 Å². The summed E-state index contributed by atoms with van der Waals surface area (Å²) in [5.74, 6) is -0.552. The molecule has 0 saturated carbocycles. The normalized spacial score (nSPS) is 17.3. The van der Waals surface area contributed by atoms with E-state index in [0.717, 1.165) is 9.65 Å². The lowest BCUT2D eigenvalue weighted by atomic mass is 9.90. The molecule has 0 bridgehead atoms. The second kappa shape index (κ2) is 6.35. The number of nitrogens with zero attached hydrogens (tertiary/aromatic N) is 3. The highest BCUT2D eigenvalue weighted by molar-refractivity contribution is 7.89.